The number of sulfonamides is 2. The van der Waals surface area contributed by atoms with E-state index in [2.05, 4.69) is 31.0 Å². The van der Waals surface area contributed by atoms with Crippen LogP contribution in [0.25, 0.3) is 28.1 Å². The summed E-state index contributed by atoms with van der Waals surface area (Å²) >= 11 is 12.4. The Morgan fingerprint density at radius 3 is 1.90 bits per heavy atom. The van der Waals surface area contributed by atoms with Crippen LogP contribution < -0.4 is 9.44 Å². The number of anilines is 2. The van der Waals surface area contributed by atoms with Crippen molar-refractivity contribution in [3.8, 4) is 11.1 Å². The van der Waals surface area contributed by atoms with Gasteiger partial charge in [0.1, 0.15) is 21.4 Å². The van der Waals surface area contributed by atoms with E-state index in [9.17, 15) is 35.6 Å². The van der Waals surface area contributed by atoms with E-state index in [4.69, 9.17) is 23.2 Å². The molecule has 21 heteroatoms. The number of hydrogen-bond acceptors (Lipinski definition) is 10. The Morgan fingerprint density at radius 1 is 0.700 bits per heavy atom. The Bertz CT molecular complexity index is 3850. The number of pyridine rings is 1. The van der Waals surface area contributed by atoms with Crippen LogP contribution in [0.1, 0.15) is 63.7 Å². The number of carbonyl (C=O) groups is 3. The summed E-state index contributed by atoms with van der Waals surface area (Å²) in [6, 6.07) is 28.6. The van der Waals surface area contributed by atoms with Gasteiger partial charge in [0.15, 0.2) is 0 Å². The van der Waals surface area contributed by atoms with E-state index < -0.39 is 48.7 Å². The molecule has 0 unspecified atom stereocenters. The maximum absolute atomic E-state index is 15.8. The largest absolute Gasteiger partial charge is 0.338 e. The number of aromatic nitrogens is 1. The molecule has 2 fully saturated rings. The molecule has 3 heterocycles. The summed E-state index contributed by atoms with van der Waals surface area (Å²) in [6.07, 6.45) is 4.80. The number of nitrogens with one attached hydrogen (secondary N) is 2. The number of halogens is 4. The fraction of sp³-hybridized carbons (Fsp3) is 0.237. The highest BCUT2D eigenvalue weighted by Crippen LogP contribution is 2.38. The Balaban J connectivity index is 0.881. The number of para-hydroxylation sites is 1. The Morgan fingerprint density at radius 2 is 1.29 bits per heavy atom. The van der Waals surface area contributed by atoms with Crippen molar-refractivity contribution in [1.29, 1.82) is 0 Å². The number of nitrogens with zero attached hydrogens (tertiary/aromatic N) is 6. The van der Waals surface area contributed by atoms with E-state index in [0.717, 1.165) is 17.7 Å². The third-order valence-corrected chi connectivity index (χ3v) is 17.5. The quantitative estimate of drug-likeness (QED) is 0.0944. The second-order valence-electron chi connectivity index (χ2n) is 20.1. The number of allylic oxidation sites excluding steroid dienone is 1. The second kappa shape index (κ2) is 23.3. The summed E-state index contributed by atoms with van der Waals surface area (Å²) < 4.78 is 91.2. The van der Waals surface area contributed by atoms with Crippen LogP contribution in [0.5, 0.6) is 0 Å². The number of piperazine rings is 2. The molecule has 2 N–H and O–H groups in total. The predicted octanol–water partition coefficient (Wildman–Crippen LogP) is 11.0. The number of amides is 3. The molecule has 0 bridgehead atoms. The second-order valence-corrected chi connectivity index (χ2v) is 24.3. The summed E-state index contributed by atoms with van der Waals surface area (Å²) in [6.45, 7) is 14.3. The fourth-order valence-corrected chi connectivity index (χ4v) is 13.1. The molecule has 2 aliphatic heterocycles. The highest BCUT2D eigenvalue weighted by Gasteiger charge is 2.36. The molecule has 0 spiro atoms. The van der Waals surface area contributed by atoms with E-state index in [1.54, 1.807) is 104 Å². The summed E-state index contributed by atoms with van der Waals surface area (Å²) in [5.41, 5.74) is 2.77. The molecular formula is C59H56Cl2F2N8O7S2. The molecule has 6 aromatic carbocycles. The van der Waals surface area contributed by atoms with Crippen LogP contribution in [0.2, 0.25) is 10.0 Å². The number of carbonyl (C=O) groups excluding carboxylic acids is 3. The topological polar surface area (TPSA) is 182 Å². The third kappa shape index (κ3) is 12.3. The maximum Gasteiger partial charge on any atom is 0.264 e. The normalized spacial score (nSPS) is 14.6. The van der Waals surface area contributed by atoms with Crippen molar-refractivity contribution < 1.29 is 40.0 Å². The molecule has 15 nitrogen and oxygen atoms in total. The molecule has 7 aromatic rings. The first-order valence-corrected chi connectivity index (χ1v) is 29.2. The first-order chi connectivity index (χ1) is 38.0. The van der Waals surface area contributed by atoms with Gasteiger partial charge in [0.05, 0.1) is 28.0 Å². The smallest absolute Gasteiger partial charge is 0.264 e. The lowest BCUT2D eigenvalue weighted by Crippen LogP contribution is -2.54. The van der Waals surface area contributed by atoms with Crippen LogP contribution in [0, 0.1) is 18.6 Å². The number of benzene rings is 6. The van der Waals surface area contributed by atoms with Crippen molar-refractivity contribution in [3.05, 3.63) is 183 Å². The lowest BCUT2D eigenvalue weighted by atomic mass is 9.83. The van der Waals surface area contributed by atoms with Gasteiger partial charge in [-0.1, -0.05) is 59.6 Å². The molecule has 9 rings (SSSR count). The molecule has 0 aliphatic carbocycles. The summed E-state index contributed by atoms with van der Waals surface area (Å²) in [4.78, 5) is 56.0. The number of rotatable bonds is 15. The van der Waals surface area contributed by atoms with Crippen LogP contribution in [0.3, 0.4) is 0 Å². The Kier molecular flexibility index (Phi) is 16.6. The van der Waals surface area contributed by atoms with E-state index >= 15 is 4.39 Å². The third-order valence-electron chi connectivity index (χ3n) is 14.3. The van der Waals surface area contributed by atoms with Crippen LogP contribution in [0.15, 0.2) is 142 Å². The maximum atomic E-state index is 15.8. The van der Waals surface area contributed by atoms with Crippen molar-refractivity contribution in [3.63, 3.8) is 0 Å². The molecule has 0 atom stereocenters. The molecule has 0 radical (unpaired) electrons. The van der Waals surface area contributed by atoms with Gasteiger partial charge in [-0.3, -0.25) is 38.7 Å². The van der Waals surface area contributed by atoms with E-state index in [1.165, 1.54) is 47.5 Å². The van der Waals surface area contributed by atoms with Crippen LogP contribution in [0.4, 0.5) is 25.8 Å². The molecule has 1 aromatic heterocycles. The number of aryl methyl sites for hydroxylation is 1. The van der Waals surface area contributed by atoms with Gasteiger partial charge in [-0.25, -0.2) is 25.6 Å². The molecule has 80 heavy (non-hydrogen) atoms. The first-order valence-electron chi connectivity index (χ1n) is 25.5. The molecule has 3 amide bonds. The molecule has 2 saturated heterocycles. The monoisotopic (exact) mass is 1160 g/mol. The minimum atomic E-state index is -4.50. The Labute approximate surface area is 473 Å². The van der Waals surface area contributed by atoms with Crippen molar-refractivity contribution in [2.24, 2.45) is 4.99 Å². The SMILES string of the molecule is C=Nc1c(/C=C\C)cc(-c2cnc3c(S(=O)(=O)Nc4ccc(C(=O)N5CCN(C(=O)C(C)(C)c6ccc(F)cc6)CC5)cc4F)cccc3c2)cc1S(=O)(=O)Nc1ccc(C(=O)N2CCN(Cc3cc(Cl)cc(Cl)c3)CC2)cc1C. The van der Waals surface area contributed by atoms with Crippen LogP contribution >= 0.6 is 23.2 Å². The summed E-state index contributed by atoms with van der Waals surface area (Å²) in [5, 5.41) is 1.48. The molecule has 414 valence electrons. The lowest BCUT2D eigenvalue weighted by molar-refractivity contribution is -0.137. The van der Waals surface area contributed by atoms with Gasteiger partial charge in [0.25, 0.3) is 31.9 Å². The summed E-state index contributed by atoms with van der Waals surface area (Å²) in [7, 11) is -8.89. The van der Waals surface area contributed by atoms with E-state index in [1.807, 2.05) is 12.1 Å². The average molecular weight is 1160 g/mol. The summed E-state index contributed by atoms with van der Waals surface area (Å²) in [5.74, 6) is -2.27. The van der Waals surface area contributed by atoms with Gasteiger partial charge in [-0.05, 0) is 148 Å². The van der Waals surface area contributed by atoms with Crippen molar-refractivity contribution in [2.45, 2.75) is 49.4 Å². The minimum Gasteiger partial charge on any atom is -0.338 e. The number of hydrogen-bond donors (Lipinski definition) is 2. The van der Waals surface area contributed by atoms with Gasteiger partial charge in [-0.2, -0.15) is 0 Å². The van der Waals surface area contributed by atoms with Gasteiger partial charge in [0.2, 0.25) is 5.91 Å². The minimum absolute atomic E-state index is 0.0188. The molecule has 2 aliphatic rings. The van der Waals surface area contributed by atoms with Crippen molar-refractivity contribution in [1.82, 2.24) is 24.6 Å². The Hall–Kier alpha value is -7.55. The highest BCUT2D eigenvalue weighted by atomic mass is 35.5. The number of fused-ring (bicyclic) bond motifs is 1. The molecule has 0 saturated carbocycles. The zero-order chi connectivity index (χ0) is 57.3. The standard InChI is InChI=1S/C59H56Cl2F2N8O7S2/c1-6-8-39-30-43(33-53(54(39)64-5)80(77,78)66-50-17-11-41(27-37(50)2)56(72)69-21-19-68(20-22-69)36-38-28-46(60)34-47(61)29-38)44-31-40-9-7-10-52(55(40)65-35-44)79(75,76)67-51-18-12-42(32-49(51)63)57(73)70-23-25-71(26-24-70)58(74)59(3,4)45-13-15-48(62)16-14-45/h6-18,27-35,66-67H,5,19-26,36H2,1-4H3/b8-6-. The van der Waals surface area contributed by atoms with E-state index in [-0.39, 0.29) is 70.2 Å². The van der Waals surface area contributed by atoms with Crippen molar-refractivity contribution in [2.75, 3.05) is 61.8 Å². The zero-order valence-corrected chi connectivity index (χ0v) is 47.3. The fourth-order valence-electron chi connectivity index (χ4n) is 9.96. The first kappa shape index (κ1) is 57.1. The van der Waals surface area contributed by atoms with Crippen molar-refractivity contribution >= 4 is 102 Å². The number of aliphatic imine (C=N–C) groups is 1. The zero-order valence-electron chi connectivity index (χ0n) is 44.1. The van der Waals surface area contributed by atoms with Gasteiger partial charge >= 0.3 is 0 Å². The predicted molar refractivity (Wildman–Crippen MR) is 310 cm³/mol. The molecular weight excluding hydrogens is 1110 g/mol. The van der Waals surface area contributed by atoms with Crippen LogP contribution in [-0.4, -0.2) is 118 Å². The van der Waals surface area contributed by atoms with Crippen LogP contribution in [-0.2, 0) is 36.8 Å². The van der Waals surface area contributed by atoms with Gasteiger partial charge in [-0.15, -0.1) is 0 Å². The highest BCUT2D eigenvalue weighted by molar-refractivity contribution is 7.93. The lowest BCUT2D eigenvalue weighted by Gasteiger charge is -2.38. The van der Waals surface area contributed by atoms with Gasteiger partial charge < -0.3 is 14.7 Å². The average Bonchev–Trinajstić information content (AvgIpc) is 3.53. The van der Waals surface area contributed by atoms with E-state index in [0.29, 0.717) is 81.5 Å². The van der Waals surface area contributed by atoms with Gasteiger partial charge in [0, 0.05) is 103 Å².